The van der Waals surface area contributed by atoms with E-state index in [1.807, 2.05) is 61.3 Å². The first-order valence-corrected chi connectivity index (χ1v) is 22.6. The molecule has 2 aromatic heterocycles. The average Bonchev–Trinajstić information content (AvgIpc) is 4.17. The highest BCUT2D eigenvalue weighted by molar-refractivity contribution is 6.07. The third-order valence-electron chi connectivity index (χ3n) is 13.5. The van der Waals surface area contributed by atoms with Crippen molar-refractivity contribution in [1.29, 1.82) is 0 Å². The molecule has 4 amide bonds. The highest BCUT2D eigenvalue weighted by Crippen LogP contribution is 2.44. The normalized spacial score (nSPS) is 20.3. The van der Waals surface area contributed by atoms with Gasteiger partial charge in [-0.3, -0.25) is 9.59 Å². The predicted octanol–water partition coefficient (Wildman–Crippen LogP) is 7.98. The van der Waals surface area contributed by atoms with E-state index in [2.05, 4.69) is 63.9 Å². The zero-order valence-electron chi connectivity index (χ0n) is 38.1. The van der Waals surface area contributed by atoms with Crippen molar-refractivity contribution >= 4 is 45.8 Å². The molecule has 0 bridgehead atoms. The Balaban J connectivity index is 0.979. The number of fused-ring (bicyclic) bond motifs is 6. The van der Waals surface area contributed by atoms with Gasteiger partial charge in [-0.1, -0.05) is 75.7 Å². The van der Waals surface area contributed by atoms with Gasteiger partial charge in [-0.25, -0.2) is 19.6 Å². The van der Waals surface area contributed by atoms with Crippen LogP contribution in [0.3, 0.4) is 0 Å². The summed E-state index contributed by atoms with van der Waals surface area (Å²) in [6.45, 7) is 7.91. The number of carbonyl (C=O) groups is 4. The van der Waals surface area contributed by atoms with E-state index in [0.717, 1.165) is 61.9 Å². The number of hydrogen-bond donors (Lipinski definition) is 4. The SMILES string of the molecule is CCC(C)C(NC(=O)OC)C(=O)N1C[C@@H](C)C[C@H]1c1ncc(-c2ccc3c(c2)COc2cc4c(ccc5[nH]c([C@@H]6CC(COC)CN6C(=O)C(NC(=O)OC)c6ccccc6)nc54)cc2-3)[nH]1. The van der Waals surface area contributed by atoms with Crippen molar-refractivity contribution in [3.05, 3.63) is 102 Å². The number of imidazole rings is 2. The van der Waals surface area contributed by atoms with Gasteiger partial charge in [0.1, 0.15) is 36.1 Å². The number of amides is 4. The Kier molecular flexibility index (Phi) is 12.4. The summed E-state index contributed by atoms with van der Waals surface area (Å²) in [5.74, 6) is 1.94. The van der Waals surface area contributed by atoms with Crippen LogP contribution < -0.4 is 15.4 Å². The quantitative estimate of drug-likeness (QED) is 0.0936. The smallest absolute Gasteiger partial charge is 0.407 e. The summed E-state index contributed by atoms with van der Waals surface area (Å²) in [7, 11) is 4.23. The standard InChI is InChI=1S/C50H56N8O8/c1-7-28(3)42(55-49(61)64-5)47(59)57-23-27(2)17-39(57)45-51-22-38(53-45)32-13-15-34-33(19-32)26-66-41-21-35-31(20-36(34)41)14-16-37-44(35)54-46(52-37)40-18-29(25-63-4)24-58(40)48(60)43(56-50(62)65-6)30-11-9-8-10-12-30/h8-16,19-22,27-29,39-40,42-43H,7,17-18,23-26H2,1-6H3,(H,51,53)(H,52,54)(H,55,61)(H,56,62)/t27-,28?,29?,39-,40-,42?,43?/m0/s1. The van der Waals surface area contributed by atoms with Gasteiger partial charge < -0.3 is 49.3 Å². The second kappa shape index (κ2) is 18.5. The largest absolute Gasteiger partial charge is 0.488 e. The van der Waals surface area contributed by atoms with Crippen LogP contribution in [0.25, 0.3) is 44.2 Å². The lowest BCUT2D eigenvalue weighted by Crippen LogP contribution is -2.51. The lowest BCUT2D eigenvalue weighted by atomic mass is 9.92. The maximum absolute atomic E-state index is 14.4. The second-order valence-electron chi connectivity index (χ2n) is 17.9. The molecule has 0 radical (unpaired) electrons. The molecule has 4 N–H and O–H groups in total. The highest BCUT2D eigenvalue weighted by atomic mass is 16.5. The van der Waals surface area contributed by atoms with Crippen LogP contribution in [0.4, 0.5) is 9.59 Å². The third-order valence-corrected chi connectivity index (χ3v) is 13.5. The molecule has 3 aliphatic rings. The van der Waals surface area contributed by atoms with Crippen molar-refractivity contribution in [2.75, 3.05) is 41.0 Å². The second-order valence-corrected chi connectivity index (χ2v) is 17.9. The molecule has 4 aromatic carbocycles. The van der Waals surface area contributed by atoms with Gasteiger partial charge in [0.15, 0.2) is 0 Å². The van der Waals surface area contributed by atoms with E-state index in [4.69, 9.17) is 28.9 Å². The van der Waals surface area contributed by atoms with Gasteiger partial charge in [0.2, 0.25) is 5.91 Å². The summed E-state index contributed by atoms with van der Waals surface area (Å²) in [5.41, 5.74) is 7.10. The lowest BCUT2D eigenvalue weighted by Gasteiger charge is -2.30. The Labute approximate surface area is 382 Å². The Morgan fingerprint density at radius 3 is 2.36 bits per heavy atom. The Morgan fingerprint density at radius 2 is 1.61 bits per heavy atom. The molecule has 9 rings (SSSR count). The van der Waals surface area contributed by atoms with E-state index >= 15 is 0 Å². The molecule has 0 aliphatic carbocycles. The van der Waals surface area contributed by atoms with Crippen molar-refractivity contribution in [3.63, 3.8) is 0 Å². The molecule has 2 fully saturated rings. The number of likely N-dealkylation sites (tertiary alicyclic amines) is 2. The number of H-pyrrole nitrogens is 2. The van der Waals surface area contributed by atoms with Crippen LogP contribution in [0.2, 0.25) is 0 Å². The number of methoxy groups -OCH3 is 3. The summed E-state index contributed by atoms with van der Waals surface area (Å²) in [4.78, 5) is 73.8. The Hall–Kier alpha value is -6.94. The molecule has 4 unspecified atom stereocenters. The van der Waals surface area contributed by atoms with Crippen LogP contribution in [-0.4, -0.2) is 101 Å². The molecule has 66 heavy (non-hydrogen) atoms. The van der Waals surface area contributed by atoms with Crippen molar-refractivity contribution in [3.8, 4) is 28.1 Å². The predicted molar refractivity (Wildman–Crippen MR) is 247 cm³/mol. The summed E-state index contributed by atoms with van der Waals surface area (Å²) < 4.78 is 21.8. The van der Waals surface area contributed by atoms with Crippen LogP contribution in [0, 0.1) is 17.8 Å². The van der Waals surface area contributed by atoms with E-state index in [1.165, 1.54) is 14.2 Å². The molecule has 6 aromatic rings. The molecule has 16 nitrogen and oxygen atoms in total. The minimum Gasteiger partial charge on any atom is -0.488 e. The number of carbonyl (C=O) groups excluding carboxylic acids is 4. The first-order valence-electron chi connectivity index (χ1n) is 22.6. The van der Waals surface area contributed by atoms with Crippen molar-refractivity contribution in [2.45, 2.75) is 70.8 Å². The van der Waals surface area contributed by atoms with E-state index < -0.39 is 30.3 Å². The fourth-order valence-corrected chi connectivity index (χ4v) is 9.94. The average molecular weight is 897 g/mol. The van der Waals surface area contributed by atoms with Crippen LogP contribution >= 0.6 is 0 Å². The number of nitrogens with zero attached hydrogens (tertiary/aromatic N) is 4. The first kappa shape index (κ1) is 44.3. The van der Waals surface area contributed by atoms with Gasteiger partial charge in [0, 0.05) is 37.1 Å². The summed E-state index contributed by atoms with van der Waals surface area (Å²) in [6, 6.07) is 21.4. The number of rotatable bonds is 12. The van der Waals surface area contributed by atoms with Crippen LogP contribution in [0.15, 0.2) is 79.0 Å². The van der Waals surface area contributed by atoms with Crippen molar-refractivity contribution < 1.29 is 38.1 Å². The fraction of sp³-hybridized carbons (Fsp3) is 0.400. The maximum Gasteiger partial charge on any atom is 0.407 e. The van der Waals surface area contributed by atoms with E-state index in [9.17, 15) is 19.2 Å². The minimum absolute atomic E-state index is 0.0579. The van der Waals surface area contributed by atoms with Crippen LogP contribution in [0.1, 0.15) is 80.9 Å². The number of alkyl carbamates (subject to hydrolysis) is 2. The van der Waals surface area contributed by atoms with E-state index in [-0.39, 0.29) is 35.6 Å². The molecule has 3 aliphatic heterocycles. The monoisotopic (exact) mass is 896 g/mol. The van der Waals surface area contributed by atoms with Gasteiger partial charge in [-0.05, 0) is 76.6 Å². The Bertz CT molecular complexity index is 2790. The summed E-state index contributed by atoms with van der Waals surface area (Å²) >= 11 is 0. The van der Waals surface area contributed by atoms with Gasteiger partial charge in [0.05, 0.1) is 55.8 Å². The maximum atomic E-state index is 14.4. The lowest BCUT2D eigenvalue weighted by molar-refractivity contribution is -0.136. The van der Waals surface area contributed by atoms with Crippen molar-refractivity contribution in [2.24, 2.45) is 17.8 Å². The van der Waals surface area contributed by atoms with Crippen LogP contribution in [-0.2, 0) is 30.4 Å². The van der Waals surface area contributed by atoms with Gasteiger partial charge in [-0.15, -0.1) is 0 Å². The molecule has 2 saturated heterocycles. The molecule has 16 heteroatoms. The summed E-state index contributed by atoms with van der Waals surface area (Å²) in [5, 5.41) is 7.43. The van der Waals surface area contributed by atoms with E-state index in [1.54, 1.807) is 12.0 Å². The molecule has 344 valence electrons. The van der Waals surface area contributed by atoms with E-state index in [0.29, 0.717) is 56.4 Å². The molecule has 5 heterocycles. The topological polar surface area (TPSA) is 193 Å². The molecule has 7 atom stereocenters. The molecule has 0 saturated carbocycles. The van der Waals surface area contributed by atoms with Crippen LogP contribution in [0.5, 0.6) is 5.75 Å². The van der Waals surface area contributed by atoms with Gasteiger partial charge in [-0.2, -0.15) is 0 Å². The number of benzene rings is 4. The molecular formula is C50H56N8O8. The zero-order chi connectivity index (χ0) is 46.2. The number of nitrogens with one attached hydrogen (secondary N) is 4. The summed E-state index contributed by atoms with van der Waals surface area (Å²) in [6.07, 6.45) is 2.58. The minimum atomic E-state index is -0.956. The number of aromatic nitrogens is 4. The molecule has 0 spiro atoms. The number of ether oxygens (including phenoxy) is 4. The first-order chi connectivity index (χ1) is 32.0. The molecular weight excluding hydrogens is 841 g/mol. The highest BCUT2D eigenvalue weighted by Gasteiger charge is 2.43. The fourth-order valence-electron chi connectivity index (χ4n) is 9.94. The zero-order valence-corrected chi connectivity index (χ0v) is 38.1. The number of aromatic amines is 2. The Morgan fingerprint density at radius 1 is 0.848 bits per heavy atom. The third kappa shape index (κ3) is 8.41. The van der Waals surface area contributed by atoms with Crippen molar-refractivity contribution in [1.82, 2.24) is 40.4 Å². The van der Waals surface area contributed by atoms with Gasteiger partial charge >= 0.3 is 12.2 Å². The number of hydrogen-bond acceptors (Lipinski definition) is 10. The van der Waals surface area contributed by atoms with Gasteiger partial charge in [0.25, 0.3) is 5.91 Å².